The Balaban J connectivity index is 2.52. The molecule has 0 saturated heterocycles. The van der Waals surface area contributed by atoms with Gasteiger partial charge in [-0.25, -0.2) is 0 Å². The zero-order valence-electron chi connectivity index (χ0n) is 11.8. The van der Waals surface area contributed by atoms with Crippen LogP contribution in [0.1, 0.15) is 44.0 Å². The molecule has 0 radical (unpaired) electrons. The summed E-state index contributed by atoms with van der Waals surface area (Å²) in [6.07, 6.45) is 2.11. The molecule has 1 rings (SSSR count). The number of carbonyl (C=O) groups is 1. The summed E-state index contributed by atoms with van der Waals surface area (Å²) in [5.74, 6) is 0.680. The number of alkyl halides is 1. The van der Waals surface area contributed by atoms with Crippen LogP contribution >= 0.6 is 15.9 Å². The van der Waals surface area contributed by atoms with Crippen molar-refractivity contribution in [3.8, 4) is 5.75 Å². The molecule has 4 heteroatoms. The first-order valence-electron chi connectivity index (χ1n) is 6.72. The van der Waals surface area contributed by atoms with Crippen LogP contribution in [0.25, 0.3) is 0 Å². The van der Waals surface area contributed by atoms with E-state index in [1.807, 2.05) is 26.0 Å². The predicted octanol–water partition coefficient (Wildman–Crippen LogP) is 3.77. The second kappa shape index (κ2) is 8.20. The van der Waals surface area contributed by atoms with E-state index in [1.54, 1.807) is 12.1 Å². The standard InChI is InChI=1S/C15H22BrNO2/c1-4-13(16)8-9-17-15(18)12-6-5-7-14(10-12)19-11(2)3/h5-7,10-11,13H,4,8-9H2,1-3H3,(H,17,18). The van der Waals surface area contributed by atoms with E-state index in [-0.39, 0.29) is 12.0 Å². The fraction of sp³-hybridized carbons (Fsp3) is 0.533. The van der Waals surface area contributed by atoms with Gasteiger partial charge in [0.05, 0.1) is 6.10 Å². The zero-order valence-corrected chi connectivity index (χ0v) is 13.4. The quantitative estimate of drug-likeness (QED) is 0.774. The van der Waals surface area contributed by atoms with Gasteiger partial charge in [-0.1, -0.05) is 28.9 Å². The molecule has 1 amide bonds. The van der Waals surface area contributed by atoms with Crippen LogP contribution < -0.4 is 10.1 Å². The van der Waals surface area contributed by atoms with Gasteiger partial charge in [-0.2, -0.15) is 0 Å². The Kier molecular flexibility index (Phi) is 6.92. The number of nitrogens with one attached hydrogen (secondary N) is 1. The van der Waals surface area contributed by atoms with E-state index in [1.165, 1.54) is 0 Å². The van der Waals surface area contributed by atoms with E-state index in [0.717, 1.165) is 18.6 Å². The van der Waals surface area contributed by atoms with E-state index < -0.39 is 0 Å². The van der Waals surface area contributed by atoms with Gasteiger partial charge >= 0.3 is 0 Å². The fourth-order valence-electron chi connectivity index (χ4n) is 1.63. The van der Waals surface area contributed by atoms with Crippen LogP contribution in [-0.4, -0.2) is 23.4 Å². The maximum atomic E-state index is 12.0. The number of ether oxygens (including phenoxy) is 1. The Hall–Kier alpha value is -1.03. The highest BCUT2D eigenvalue weighted by Crippen LogP contribution is 2.15. The second-order valence-corrected chi connectivity index (χ2v) is 6.04. The molecule has 1 aromatic carbocycles. The van der Waals surface area contributed by atoms with Crippen molar-refractivity contribution in [1.82, 2.24) is 5.32 Å². The molecule has 106 valence electrons. The number of amides is 1. The number of rotatable bonds is 7. The van der Waals surface area contributed by atoms with Crippen LogP contribution in [-0.2, 0) is 0 Å². The molecule has 3 nitrogen and oxygen atoms in total. The van der Waals surface area contributed by atoms with Crippen molar-refractivity contribution in [2.75, 3.05) is 6.54 Å². The van der Waals surface area contributed by atoms with Gasteiger partial charge in [-0.15, -0.1) is 0 Å². The molecule has 0 aliphatic carbocycles. The molecule has 1 atom stereocenters. The number of hydrogen-bond donors (Lipinski definition) is 1. The van der Waals surface area contributed by atoms with Gasteiger partial charge in [0.15, 0.2) is 0 Å². The maximum Gasteiger partial charge on any atom is 0.251 e. The Morgan fingerprint density at radius 3 is 2.79 bits per heavy atom. The molecule has 0 aromatic heterocycles. The maximum absolute atomic E-state index is 12.0. The Morgan fingerprint density at radius 2 is 2.16 bits per heavy atom. The first-order valence-corrected chi connectivity index (χ1v) is 7.63. The van der Waals surface area contributed by atoms with Crippen LogP contribution in [0.2, 0.25) is 0 Å². The highest BCUT2D eigenvalue weighted by molar-refractivity contribution is 9.09. The van der Waals surface area contributed by atoms with Crippen LogP contribution in [0.15, 0.2) is 24.3 Å². The number of carbonyl (C=O) groups excluding carboxylic acids is 1. The van der Waals surface area contributed by atoms with Crippen molar-refractivity contribution in [2.24, 2.45) is 0 Å². The molecule has 1 aromatic rings. The predicted molar refractivity (Wildman–Crippen MR) is 82.2 cm³/mol. The SMILES string of the molecule is CCC(Br)CCNC(=O)c1cccc(OC(C)C)c1. The first kappa shape index (κ1) is 16.0. The lowest BCUT2D eigenvalue weighted by molar-refractivity contribution is 0.0952. The summed E-state index contributed by atoms with van der Waals surface area (Å²) in [6.45, 7) is 6.73. The average molecular weight is 328 g/mol. The number of hydrogen-bond acceptors (Lipinski definition) is 2. The highest BCUT2D eigenvalue weighted by atomic mass is 79.9. The van der Waals surface area contributed by atoms with Gasteiger partial charge < -0.3 is 10.1 Å². The summed E-state index contributed by atoms with van der Waals surface area (Å²) in [5.41, 5.74) is 0.640. The Morgan fingerprint density at radius 1 is 1.42 bits per heavy atom. The van der Waals surface area contributed by atoms with E-state index in [0.29, 0.717) is 16.9 Å². The lowest BCUT2D eigenvalue weighted by Crippen LogP contribution is -2.26. The van der Waals surface area contributed by atoms with Crippen LogP contribution in [0, 0.1) is 0 Å². The average Bonchev–Trinajstić information content (AvgIpc) is 2.37. The van der Waals surface area contributed by atoms with E-state index >= 15 is 0 Å². The third kappa shape index (κ3) is 6.10. The summed E-state index contributed by atoms with van der Waals surface area (Å²) >= 11 is 3.55. The molecular weight excluding hydrogens is 306 g/mol. The number of halogens is 1. The van der Waals surface area contributed by atoms with Gasteiger partial charge in [0.2, 0.25) is 0 Å². The molecule has 1 N–H and O–H groups in total. The Bertz CT molecular complexity index is 407. The largest absolute Gasteiger partial charge is 0.491 e. The first-order chi connectivity index (χ1) is 9.02. The van der Waals surface area contributed by atoms with Crippen LogP contribution in [0.4, 0.5) is 0 Å². The summed E-state index contributed by atoms with van der Waals surface area (Å²) in [6, 6.07) is 7.28. The third-order valence-corrected chi connectivity index (χ3v) is 3.76. The van der Waals surface area contributed by atoms with Crippen molar-refractivity contribution in [3.05, 3.63) is 29.8 Å². The molecule has 0 spiro atoms. The van der Waals surface area contributed by atoms with E-state index in [2.05, 4.69) is 28.2 Å². The van der Waals surface area contributed by atoms with Crippen molar-refractivity contribution in [3.63, 3.8) is 0 Å². The molecule has 0 aliphatic heterocycles. The second-order valence-electron chi connectivity index (χ2n) is 4.74. The molecule has 19 heavy (non-hydrogen) atoms. The lowest BCUT2D eigenvalue weighted by atomic mass is 10.2. The van der Waals surface area contributed by atoms with Crippen LogP contribution in [0.3, 0.4) is 0 Å². The van der Waals surface area contributed by atoms with E-state index in [9.17, 15) is 4.79 Å². The van der Waals surface area contributed by atoms with Gasteiger partial charge in [0.1, 0.15) is 5.75 Å². The molecular formula is C15H22BrNO2. The van der Waals surface area contributed by atoms with Crippen molar-refractivity contribution in [1.29, 1.82) is 0 Å². The van der Waals surface area contributed by atoms with Crippen molar-refractivity contribution in [2.45, 2.75) is 44.5 Å². The molecule has 0 saturated carbocycles. The minimum Gasteiger partial charge on any atom is -0.491 e. The smallest absolute Gasteiger partial charge is 0.251 e. The molecule has 1 unspecified atom stereocenters. The molecule has 0 fully saturated rings. The summed E-state index contributed by atoms with van der Waals surface area (Å²) in [4.78, 5) is 12.4. The fourth-order valence-corrected chi connectivity index (χ4v) is 1.86. The Labute approximate surface area is 123 Å². The molecule has 0 heterocycles. The van der Waals surface area contributed by atoms with E-state index in [4.69, 9.17) is 4.74 Å². The summed E-state index contributed by atoms with van der Waals surface area (Å²) < 4.78 is 5.58. The van der Waals surface area contributed by atoms with Crippen LogP contribution in [0.5, 0.6) is 5.75 Å². The summed E-state index contributed by atoms with van der Waals surface area (Å²) in [5, 5.41) is 2.92. The minimum atomic E-state index is -0.0509. The lowest BCUT2D eigenvalue weighted by Gasteiger charge is -2.11. The van der Waals surface area contributed by atoms with Crippen molar-refractivity contribution < 1.29 is 9.53 Å². The monoisotopic (exact) mass is 327 g/mol. The van der Waals surface area contributed by atoms with Gasteiger partial charge in [-0.05, 0) is 44.9 Å². The highest BCUT2D eigenvalue weighted by Gasteiger charge is 2.08. The molecule has 0 bridgehead atoms. The molecule has 0 aliphatic rings. The van der Waals surface area contributed by atoms with Gasteiger partial charge in [-0.3, -0.25) is 4.79 Å². The third-order valence-electron chi connectivity index (χ3n) is 2.65. The zero-order chi connectivity index (χ0) is 14.3. The number of benzene rings is 1. The van der Waals surface area contributed by atoms with Gasteiger partial charge in [0.25, 0.3) is 5.91 Å². The minimum absolute atomic E-state index is 0.0509. The topological polar surface area (TPSA) is 38.3 Å². The normalized spacial score (nSPS) is 12.3. The van der Waals surface area contributed by atoms with Crippen molar-refractivity contribution >= 4 is 21.8 Å². The summed E-state index contributed by atoms with van der Waals surface area (Å²) in [7, 11) is 0. The van der Waals surface area contributed by atoms with Gasteiger partial charge in [0, 0.05) is 16.9 Å².